The number of hydrogen-bond donors (Lipinski definition) is 0. The summed E-state index contributed by atoms with van der Waals surface area (Å²) in [5, 5.41) is 0. The summed E-state index contributed by atoms with van der Waals surface area (Å²) in [4.78, 5) is 32.5. The molecule has 6 heteroatoms. The van der Waals surface area contributed by atoms with Gasteiger partial charge in [-0.3, -0.25) is 14.4 Å². The summed E-state index contributed by atoms with van der Waals surface area (Å²) >= 11 is 0. The minimum atomic E-state index is -0.831. The summed E-state index contributed by atoms with van der Waals surface area (Å²) in [6, 6.07) is 0. The van der Waals surface area contributed by atoms with E-state index in [2.05, 4.69) is 9.47 Å². The summed E-state index contributed by atoms with van der Waals surface area (Å²) in [7, 11) is 2.43. The molecule has 0 aromatic heterocycles. The molecule has 0 aromatic carbocycles. The van der Waals surface area contributed by atoms with Crippen molar-refractivity contribution < 1.29 is 28.6 Å². The van der Waals surface area contributed by atoms with Gasteiger partial charge in [0.1, 0.15) is 6.10 Å². The van der Waals surface area contributed by atoms with Crippen LogP contribution in [0.1, 0.15) is 19.8 Å². The number of esters is 3. The number of ether oxygens (including phenoxy) is 3. The van der Waals surface area contributed by atoms with Crippen molar-refractivity contribution in [3.05, 3.63) is 0 Å². The molecule has 15 heavy (non-hydrogen) atoms. The molecule has 0 heterocycles. The molecule has 0 aliphatic carbocycles. The highest BCUT2D eigenvalue weighted by atomic mass is 16.6. The molecule has 0 radical (unpaired) electrons. The van der Waals surface area contributed by atoms with E-state index in [0.717, 1.165) is 0 Å². The second-order valence-electron chi connectivity index (χ2n) is 2.79. The van der Waals surface area contributed by atoms with Gasteiger partial charge in [-0.2, -0.15) is 0 Å². The Bertz CT molecular complexity index is 229. The maximum Gasteiger partial charge on any atom is 0.309 e. The molecule has 0 saturated heterocycles. The lowest BCUT2D eigenvalue weighted by Gasteiger charge is -2.14. The normalized spacial score (nSPS) is 9.60. The van der Waals surface area contributed by atoms with Crippen molar-refractivity contribution in [1.82, 2.24) is 0 Å². The molecule has 0 aliphatic heterocycles. The smallest absolute Gasteiger partial charge is 0.309 e. The minimum Gasteiger partial charge on any atom is -0.469 e. The summed E-state index contributed by atoms with van der Waals surface area (Å²) in [6.07, 6.45) is -1.15. The van der Waals surface area contributed by atoms with Gasteiger partial charge in [0.2, 0.25) is 0 Å². The van der Waals surface area contributed by atoms with E-state index in [4.69, 9.17) is 4.74 Å². The number of rotatable bonds is 5. The fourth-order valence-corrected chi connectivity index (χ4v) is 0.929. The molecule has 86 valence electrons. The quantitative estimate of drug-likeness (QED) is 0.479. The molecule has 0 amide bonds. The van der Waals surface area contributed by atoms with Crippen molar-refractivity contribution in [3.63, 3.8) is 0 Å². The van der Waals surface area contributed by atoms with Gasteiger partial charge in [-0.05, 0) is 0 Å². The highest BCUT2D eigenvalue weighted by molar-refractivity contribution is 5.75. The average Bonchev–Trinajstić information content (AvgIpc) is 2.16. The summed E-state index contributed by atoms with van der Waals surface area (Å²) in [5.74, 6) is -1.66. The van der Waals surface area contributed by atoms with Crippen molar-refractivity contribution in [2.24, 2.45) is 0 Å². The topological polar surface area (TPSA) is 78.9 Å². The zero-order valence-electron chi connectivity index (χ0n) is 8.94. The first-order valence-electron chi connectivity index (χ1n) is 4.30. The van der Waals surface area contributed by atoms with Crippen LogP contribution in [0.3, 0.4) is 0 Å². The lowest BCUT2D eigenvalue weighted by Crippen LogP contribution is -2.24. The Morgan fingerprint density at radius 1 is 1.00 bits per heavy atom. The van der Waals surface area contributed by atoms with E-state index in [1.54, 1.807) is 0 Å². The molecule has 0 aliphatic rings. The van der Waals surface area contributed by atoms with Crippen LogP contribution in [0.5, 0.6) is 0 Å². The fourth-order valence-electron chi connectivity index (χ4n) is 0.929. The van der Waals surface area contributed by atoms with Crippen LogP contribution in [-0.4, -0.2) is 38.2 Å². The Kier molecular flexibility index (Phi) is 6.08. The molecule has 0 spiro atoms. The van der Waals surface area contributed by atoms with Crippen LogP contribution >= 0.6 is 0 Å². The molecule has 0 unspecified atom stereocenters. The highest BCUT2D eigenvalue weighted by Gasteiger charge is 2.21. The molecule has 0 atom stereocenters. The largest absolute Gasteiger partial charge is 0.469 e. The number of methoxy groups -OCH3 is 2. The maximum atomic E-state index is 10.9. The first-order valence-corrected chi connectivity index (χ1v) is 4.30. The maximum absolute atomic E-state index is 10.9. The lowest BCUT2D eigenvalue weighted by atomic mass is 10.2. The second kappa shape index (κ2) is 6.80. The average molecular weight is 218 g/mol. The molecule has 0 rings (SSSR count). The lowest BCUT2D eigenvalue weighted by molar-refractivity contribution is -0.156. The van der Waals surface area contributed by atoms with Crippen LogP contribution < -0.4 is 0 Å². The van der Waals surface area contributed by atoms with Crippen LogP contribution in [0.25, 0.3) is 0 Å². The Balaban J connectivity index is 4.23. The van der Waals surface area contributed by atoms with Crippen molar-refractivity contribution in [1.29, 1.82) is 0 Å². The molecule has 0 saturated carbocycles. The van der Waals surface area contributed by atoms with Gasteiger partial charge >= 0.3 is 17.9 Å². The van der Waals surface area contributed by atoms with E-state index in [0.29, 0.717) is 0 Å². The summed E-state index contributed by atoms with van der Waals surface area (Å²) < 4.78 is 13.5. The van der Waals surface area contributed by atoms with E-state index in [-0.39, 0.29) is 12.8 Å². The van der Waals surface area contributed by atoms with Gasteiger partial charge in [0, 0.05) is 6.92 Å². The monoisotopic (exact) mass is 218 g/mol. The van der Waals surface area contributed by atoms with Crippen molar-refractivity contribution in [3.8, 4) is 0 Å². The first kappa shape index (κ1) is 13.4. The standard InChI is InChI=1S/C9H14O6/c1-6(10)15-7(4-8(11)13-2)5-9(12)14-3/h7H,4-5H2,1-3H3. The van der Waals surface area contributed by atoms with E-state index in [9.17, 15) is 14.4 Å². The summed E-state index contributed by atoms with van der Waals surface area (Å²) in [6.45, 7) is 1.20. The molecule has 0 bridgehead atoms. The van der Waals surface area contributed by atoms with Gasteiger partial charge in [-0.15, -0.1) is 0 Å². The SMILES string of the molecule is COC(=O)CC(CC(=O)OC)OC(C)=O. The van der Waals surface area contributed by atoms with Crippen LogP contribution in [0.2, 0.25) is 0 Å². The van der Waals surface area contributed by atoms with Gasteiger partial charge in [0.05, 0.1) is 27.1 Å². The number of carbonyl (C=O) groups excluding carboxylic acids is 3. The summed E-state index contributed by atoms with van der Waals surface area (Å²) in [5.41, 5.74) is 0. The molecular weight excluding hydrogens is 204 g/mol. The zero-order chi connectivity index (χ0) is 11.8. The molecule has 0 aromatic rings. The van der Waals surface area contributed by atoms with Crippen LogP contribution in [-0.2, 0) is 28.6 Å². The van der Waals surface area contributed by atoms with Gasteiger partial charge < -0.3 is 14.2 Å². The number of carbonyl (C=O) groups is 3. The van der Waals surface area contributed by atoms with Crippen LogP contribution in [0, 0.1) is 0 Å². The molecule has 6 nitrogen and oxygen atoms in total. The molecular formula is C9H14O6. The van der Waals surface area contributed by atoms with Crippen molar-refractivity contribution in [2.45, 2.75) is 25.9 Å². The third kappa shape index (κ3) is 6.48. The second-order valence-corrected chi connectivity index (χ2v) is 2.79. The third-order valence-corrected chi connectivity index (χ3v) is 1.58. The third-order valence-electron chi connectivity index (χ3n) is 1.58. The highest BCUT2D eigenvalue weighted by Crippen LogP contribution is 2.07. The van der Waals surface area contributed by atoms with Crippen molar-refractivity contribution >= 4 is 17.9 Å². The predicted molar refractivity (Wildman–Crippen MR) is 48.8 cm³/mol. The van der Waals surface area contributed by atoms with E-state index in [1.165, 1.54) is 21.1 Å². The van der Waals surface area contributed by atoms with Crippen LogP contribution in [0.15, 0.2) is 0 Å². The van der Waals surface area contributed by atoms with E-state index in [1.807, 2.05) is 0 Å². The van der Waals surface area contributed by atoms with E-state index >= 15 is 0 Å². The zero-order valence-corrected chi connectivity index (χ0v) is 8.94. The Hall–Kier alpha value is -1.59. The van der Waals surface area contributed by atoms with Gasteiger partial charge in [-0.25, -0.2) is 0 Å². The van der Waals surface area contributed by atoms with E-state index < -0.39 is 24.0 Å². The first-order chi connectivity index (χ1) is 6.99. The Labute approximate surface area is 87.5 Å². The number of hydrogen-bond acceptors (Lipinski definition) is 6. The van der Waals surface area contributed by atoms with Gasteiger partial charge in [0.25, 0.3) is 0 Å². The molecule has 0 fully saturated rings. The molecule has 0 N–H and O–H groups in total. The minimum absolute atomic E-state index is 0.162. The van der Waals surface area contributed by atoms with Crippen molar-refractivity contribution in [2.75, 3.05) is 14.2 Å². The van der Waals surface area contributed by atoms with Gasteiger partial charge in [-0.1, -0.05) is 0 Å². The Morgan fingerprint density at radius 3 is 1.67 bits per heavy atom. The Morgan fingerprint density at radius 2 is 1.40 bits per heavy atom. The fraction of sp³-hybridized carbons (Fsp3) is 0.667. The van der Waals surface area contributed by atoms with Gasteiger partial charge in [0.15, 0.2) is 0 Å². The van der Waals surface area contributed by atoms with Crippen LogP contribution in [0.4, 0.5) is 0 Å². The predicted octanol–water partition coefficient (Wildman–Crippen LogP) is 0.0443.